The average Bonchev–Trinajstić information content (AvgIpc) is 3.14. The number of aryl methyl sites for hydroxylation is 1. The zero-order valence-corrected chi connectivity index (χ0v) is 28.1. The molecule has 1 atom stereocenters. The predicted octanol–water partition coefficient (Wildman–Crippen LogP) is 3.13. The second-order valence-electron chi connectivity index (χ2n) is 11.3. The highest BCUT2D eigenvalue weighted by molar-refractivity contribution is 7.92. The third-order valence-electron chi connectivity index (χ3n) is 8.01. The fraction of sp³-hybridized carbons (Fsp3) is 0.114. The van der Waals surface area contributed by atoms with E-state index in [2.05, 4.69) is 25.0 Å². The Kier molecular flexibility index (Phi) is 9.69. The summed E-state index contributed by atoms with van der Waals surface area (Å²) in [4.78, 5) is 63.8. The highest BCUT2D eigenvalue weighted by Gasteiger charge is 2.27. The molecule has 17 heteroatoms. The first-order valence-electron chi connectivity index (χ1n) is 15.3. The molecule has 3 aromatic heterocycles. The van der Waals surface area contributed by atoms with Crippen molar-refractivity contribution in [2.75, 3.05) is 11.8 Å². The molecule has 0 aliphatic heterocycles. The lowest BCUT2D eigenvalue weighted by atomic mass is 10.0. The van der Waals surface area contributed by atoms with Crippen LogP contribution in [0.15, 0.2) is 112 Å². The van der Waals surface area contributed by atoms with Crippen molar-refractivity contribution in [2.45, 2.75) is 17.4 Å². The second kappa shape index (κ2) is 14.3. The molecule has 0 fully saturated rings. The van der Waals surface area contributed by atoms with Gasteiger partial charge in [0.15, 0.2) is 5.82 Å². The van der Waals surface area contributed by atoms with Crippen LogP contribution in [-0.2, 0) is 33.0 Å². The molecule has 264 valence electrons. The first-order valence-corrected chi connectivity index (χ1v) is 16.8. The van der Waals surface area contributed by atoms with Crippen LogP contribution >= 0.6 is 0 Å². The molecule has 0 unspecified atom stereocenters. The molecular formula is C35H27F2N7O7S. The first kappa shape index (κ1) is 35.2. The van der Waals surface area contributed by atoms with Gasteiger partial charge < -0.3 is 10.1 Å². The van der Waals surface area contributed by atoms with E-state index in [0.717, 1.165) is 11.7 Å². The van der Waals surface area contributed by atoms with E-state index in [4.69, 9.17) is 4.74 Å². The summed E-state index contributed by atoms with van der Waals surface area (Å²) >= 11 is 0. The van der Waals surface area contributed by atoms with Gasteiger partial charge in [-0.15, -0.1) is 0 Å². The third-order valence-corrected chi connectivity index (χ3v) is 9.41. The highest BCUT2D eigenvalue weighted by atomic mass is 32.2. The topological polar surface area (TPSA) is 184 Å². The zero-order chi connectivity index (χ0) is 37.2. The number of nitrogens with one attached hydrogen (secondary N) is 2. The molecule has 0 bridgehead atoms. The fourth-order valence-electron chi connectivity index (χ4n) is 5.40. The van der Waals surface area contributed by atoms with Crippen molar-refractivity contribution >= 4 is 38.5 Å². The van der Waals surface area contributed by atoms with Gasteiger partial charge in [0, 0.05) is 37.6 Å². The van der Waals surface area contributed by atoms with Gasteiger partial charge in [0.25, 0.3) is 21.5 Å². The fourth-order valence-corrected chi connectivity index (χ4v) is 6.44. The summed E-state index contributed by atoms with van der Waals surface area (Å²) < 4.78 is 65.5. The Morgan fingerprint density at radius 1 is 0.923 bits per heavy atom. The largest absolute Gasteiger partial charge is 0.467 e. The lowest BCUT2D eigenvalue weighted by Crippen LogP contribution is -2.43. The van der Waals surface area contributed by atoms with Gasteiger partial charge >= 0.3 is 11.7 Å². The number of esters is 1. The van der Waals surface area contributed by atoms with Gasteiger partial charge in [0.1, 0.15) is 23.2 Å². The maximum atomic E-state index is 15.2. The van der Waals surface area contributed by atoms with E-state index in [0.29, 0.717) is 34.6 Å². The number of rotatable bonds is 10. The Morgan fingerprint density at radius 2 is 1.58 bits per heavy atom. The van der Waals surface area contributed by atoms with Crippen molar-refractivity contribution in [1.29, 1.82) is 0 Å². The summed E-state index contributed by atoms with van der Waals surface area (Å²) in [6.07, 6.45) is 5.69. The number of sulfonamides is 1. The van der Waals surface area contributed by atoms with Crippen LogP contribution in [0.5, 0.6) is 0 Å². The molecule has 0 aliphatic rings. The predicted molar refractivity (Wildman–Crippen MR) is 184 cm³/mol. The van der Waals surface area contributed by atoms with E-state index in [1.807, 2.05) is 0 Å². The quantitative estimate of drug-likeness (QED) is 0.199. The van der Waals surface area contributed by atoms with Gasteiger partial charge in [-0.3, -0.25) is 23.9 Å². The molecule has 6 aromatic rings. The van der Waals surface area contributed by atoms with Gasteiger partial charge in [0.2, 0.25) is 0 Å². The Balaban J connectivity index is 1.18. The van der Waals surface area contributed by atoms with Gasteiger partial charge in [-0.25, -0.2) is 41.3 Å². The molecule has 52 heavy (non-hydrogen) atoms. The molecule has 3 aromatic carbocycles. The number of carbonyl (C=O) groups is 2. The number of ether oxygens (including phenoxy) is 1. The van der Waals surface area contributed by atoms with Crippen LogP contribution in [0.4, 0.5) is 14.5 Å². The van der Waals surface area contributed by atoms with Crippen molar-refractivity contribution in [3.63, 3.8) is 0 Å². The van der Waals surface area contributed by atoms with Crippen LogP contribution in [0.1, 0.15) is 15.9 Å². The zero-order valence-electron chi connectivity index (χ0n) is 27.3. The van der Waals surface area contributed by atoms with Gasteiger partial charge in [-0.05, 0) is 66.2 Å². The average molecular weight is 728 g/mol. The summed E-state index contributed by atoms with van der Waals surface area (Å²) in [5.41, 5.74) is -1.19. The van der Waals surface area contributed by atoms with Crippen molar-refractivity contribution in [1.82, 2.24) is 29.4 Å². The molecule has 2 N–H and O–H groups in total. The number of pyridine rings is 1. The van der Waals surface area contributed by atoms with E-state index >= 15 is 8.78 Å². The van der Waals surface area contributed by atoms with E-state index in [1.165, 1.54) is 91.0 Å². The molecular weight excluding hydrogens is 700 g/mol. The lowest BCUT2D eigenvalue weighted by Gasteiger charge is -2.18. The smallest absolute Gasteiger partial charge is 0.335 e. The number of hydrogen-bond acceptors (Lipinski definition) is 10. The third kappa shape index (κ3) is 7.02. The normalized spacial score (nSPS) is 11.9. The van der Waals surface area contributed by atoms with E-state index in [9.17, 15) is 27.6 Å². The summed E-state index contributed by atoms with van der Waals surface area (Å²) in [5.74, 6) is -4.68. The van der Waals surface area contributed by atoms with Gasteiger partial charge in [-0.1, -0.05) is 12.1 Å². The first-order chi connectivity index (χ1) is 24.9. The summed E-state index contributed by atoms with van der Waals surface area (Å²) in [5, 5.41) is 2.53. The minimum Gasteiger partial charge on any atom is -0.467 e. The van der Waals surface area contributed by atoms with Crippen molar-refractivity contribution in [3.05, 3.63) is 141 Å². The van der Waals surface area contributed by atoms with E-state index in [-0.39, 0.29) is 22.4 Å². The number of halogens is 2. The van der Waals surface area contributed by atoms with Crippen LogP contribution < -0.4 is 21.3 Å². The molecule has 0 saturated carbocycles. The molecule has 6 rings (SSSR count). The molecule has 3 heterocycles. The molecule has 14 nitrogen and oxygen atoms in total. The minimum absolute atomic E-state index is 0.203. The van der Waals surface area contributed by atoms with Crippen molar-refractivity contribution < 1.29 is 31.5 Å². The molecule has 0 aliphatic carbocycles. The van der Waals surface area contributed by atoms with Crippen LogP contribution in [0.25, 0.3) is 28.0 Å². The summed E-state index contributed by atoms with van der Waals surface area (Å²) in [7, 11) is -1.75. The number of amides is 1. The number of methoxy groups -OCH3 is 1. The number of benzene rings is 3. The van der Waals surface area contributed by atoms with Crippen LogP contribution in [0.3, 0.4) is 0 Å². The number of fused-ring (bicyclic) bond motifs is 1. The Hall–Kier alpha value is -6.62. The molecule has 0 radical (unpaired) electrons. The SMILES string of the molecule is COC(=O)[C@H](Cc1ccc(-n2c(=O)c3ccncc3n(C)c2=O)cc1)NC(=O)c1c(F)cc(NS(=O)(=O)c2ccc(-c3ncccn3)cc2)cc1F. The van der Waals surface area contributed by atoms with E-state index < -0.39 is 62.1 Å². The van der Waals surface area contributed by atoms with Crippen LogP contribution in [0.2, 0.25) is 0 Å². The molecule has 0 spiro atoms. The standard InChI is InChI=1S/C35H27F2N7O7S/c1-43-29-19-38-15-12-25(29)33(46)44(35(43)48)23-8-4-20(5-9-23)16-28(34(47)51-2)41-32(45)30-26(36)17-22(18-27(30)37)42-52(49,50)24-10-6-21(7-11-24)31-39-13-3-14-40-31/h3-15,17-19,28,42H,16H2,1-2H3,(H,41,45)/t28-/m0/s1. The van der Waals surface area contributed by atoms with Crippen molar-refractivity contribution in [2.24, 2.45) is 7.05 Å². The molecule has 0 saturated heterocycles. The number of aromatic nitrogens is 5. The maximum absolute atomic E-state index is 15.2. The number of hydrogen-bond donors (Lipinski definition) is 2. The van der Waals surface area contributed by atoms with Gasteiger partial charge in [-0.2, -0.15) is 0 Å². The number of anilines is 1. The number of carbonyl (C=O) groups excluding carboxylic acids is 2. The Morgan fingerprint density at radius 3 is 2.21 bits per heavy atom. The van der Waals surface area contributed by atoms with E-state index in [1.54, 1.807) is 6.07 Å². The second-order valence-corrected chi connectivity index (χ2v) is 13.0. The maximum Gasteiger partial charge on any atom is 0.335 e. The Bertz CT molecular complexity index is 2540. The number of nitrogens with zero attached hydrogens (tertiary/aromatic N) is 5. The summed E-state index contributed by atoms with van der Waals surface area (Å²) in [6.45, 7) is 0. The molecule has 1 amide bonds. The Labute approximate surface area is 293 Å². The summed E-state index contributed by atoms with van der Waals surface area (Å²) in [6, 6.07) is 14.4. The minimum atomic E-state index is -4.31. The van der Waals surface area contributed by atoms with Crippen LogP contribution in [0, 0.1) is 11.6 Å². The van der Waals surface area contributed by atoms with Gasteiger partial charge in [0.05, 0.1) is 40.5 Å². The highest BCUT2D eigenvalue weighted by Crippen LogP contribution is 2.24. The van der Waals surface area contributed by atoms with Crippen molar-refractivity contribution in [3.8, 4) is 17.1 Å². The monoisotopic (exact) mass is 727 g/mol. The van der Waals surface area contributed by atoms with Crippen LogP contribution in [-0.4, -0.2) is 57.5 Å². The lowest BCUT2D eigenvalue weighted by molar-refractivity contribution is -0.142.